The third-order valence-corrected chi connectivity index (χ3v) is 3.56. The van der Waals surface area contributed by atoms with Gasteiger partial charge in [0.05, 0.1) is 6.10 Å². The van der Waals surface area contributed by atoms with Crippen molar-refractivity contribution in [1.82, 2.24) is 5.32 Å². The first kappa shape index (κ1) is 11.6. The van der Waals surface area contributed by atoms with Crippen LogP contribution in [0.25, 0.3) is 0 Å². The number of benzene rings is 1. The van der Waals surface area contributed by atoms with E-state index in [-0.39, 0.29) is 0 Å². The van der Waals surface area contributed by atoms with Crippen LogP contribution in [0.5, 0.6) is 0 Å². The van der Waals surface area contributed by atoms with E-state index in [0.29, 0.717) is 18.1 Å². The van der Waals surface area contributed by atoms with Crippen LogP contribution in [-0.4, -0.2) is 25.8 Å². The molecule has 0 bridgehead atoms. The van der Waals surface area contributed by atoms with Crippen LogP contribution in [0.4, 0.5) is 0 Å². The minimum absolute atomic E-state index is 0.375. The summed E-state index contributed by atoms with van der Waals surface area (Å²) in [5.41, 5.74) is 1.39. The van der Waals surface area contributed by atoms with E-state index in [4.69, 9.17) is 4.74 Å². The normalized spacial score (nSPS) is 24.2. The number of hydrogen-bond donors (Lipinski definition) is 1. The first-order valence-corrected chi connectivity index (χ1v) is 6.16. The van der Waals surface area contributed by atoms with E-state index in [2.05, 4.69) is 42.6 Å². The fourth-order valence-electron chi connectivity index (χ4n) is 2.61. The second-order valence-corrected chi connectivity index (χ2v) is 4.57. The molecule has 0 unspecified atom stereocenters. The first-order valence-electron chi connectivity index (χ1n) is 6.16. The maximum absolute atomic E-state index is 5.79. The lowest BCUT2D eigenvalue weighted by molar-refractivity contribution is 0.0737. The molecule has 3 atom stereocenters. The monoisotopic (exact) mass is 219 g/mol. The Kier molecular flexibility index (Phi) is 3.97. The number of hydrogen-bond acceptors (Lipinski definition) is 2. The lowest BCUT2D eigenvalue weighted by Crippen LogP contribution is -2.41. The molecule has 0 radical (unpaired) electrons. The number of rotatable bonds is 4. The zero-order chi connectivity index (χ0) is 11.4. The molecule has 2 rings (SSSR count). The van der Waals surface area contributed by atoms with Crippen molar-refractivity contribution >= 4 is 0 Å². The van der Waals surface area contributed by atoms with Gasteiger partial charge in [0.15, 0.2) is 0 Å². The molecule has 0 aromatic heterocycles. The minimum Gasteiger partial charge on any atom is -0.377 e. The molecule has 1 aromatic rings. The second kappa shape index (κ2) is 5.46. The molecule has 0 amide bonds. The number of nitrogens with one attached hydrogen (secondary N) is 1. The van der Waals surface area contributed by atoms with Gasteiger partial charge in [-0.05, 0) is 31.4 Å². The highest BCUT2D eigenvalue weighted by atomic mass is 16.5. The van der Waals surface area contributed by atoms with Crippen LogP contribution in [-0.2, 0) is 4.74 Å². The van der Waals surface area contributed by atoms with Gasteiger partial charge in [0.25, 0.3) is 0 Å². The highest BCUT2D eigenvalue weighted by Gasteiger charge is 2.29. The summed E-state index contributed by atoms with van der Waals surface area (Å²) in [6.45, 7) is 3.20. The first-order chi connectivity index (χ1) is 7.83. The maximum atomic E-state index is 5.79. The molecule has 1 aliphatic rings. The highest BCUT2D eigenvalue weighted by molar-refractivity contribution is 5.21. The SMILES string of the molecule is CN[C@H]([C@@H]1CCCO1)[C@@H](C)c1ccccc1. The highest BCUT2D eigenvalue weighted by Crippen LogP contribution is 2.26. The van der Waals surface area contributed by atoms with Gasteiger partial charge >= 0.3 is 0 Å². The Morgan fingerprint density at radius 1 is 1.31 bits per heavy atom. The molecule has 88 valence electrons. The molecule has 2 nitrogen and oxygen atoms in total. The third kappa shape index (κ3) is 2.45. The van der Waals surface area contributed by atoms with Crippen molar-refractivity contribution in [2.75, 3.05) is 13.7 Å². The summed E-state index contributed by atoms with van der Waals surface area (Å²) in [7, 11) is 2.03. The Morgan fingerprint density at radius 3 is 2.62 bits per heavy atom. The molecule has 0 spiro atoms. The molecule has 1 N–H and O–H groups in total. The summed E-state index contributed by atoms with van der Waals surface area (Å²) in [6, 6.07) is 11.1. The van der Waals surface area contributed by atoms with Gasteiger partial charge in [0.1, 0.15) is 0 Å². The predicted molar refractivity (Wildman–Crippen MR) is 66.7 cm³/mol. The molecule has 1 heterocycles. The van der Waals surface area contributed by atoms with Gasteiger partial charge in [-0.3, -0.25) is 0 Å². The summed E-state index contributed by atoms with van der Waals surface area (Å²) in [6.07, 6.45) is 2.76. The van der Waals surface area contributed by atoms with E-state index in [1.807, 2.05) is 7.05 Å². The van der Waals surface area contributed by atoms with E-state index in [1.54, 1.807) is 0 Å². The van der Waals surface area contributed by atoms with Crippen molar-refractivity contribution in [1.29, 1.82) is 0 Å². The van der Waals surface area contributed by atoms with Crippen molar-refractivity contribution in [3.8, 4) is 0 Å². The number of likely N-dealkylation sites (N-methyl/N-ethyl adjacent to an activating group) is 1. The van der Waals surface area contributed by atoms with Gasteiger partial charge in [-0.1, -0.05) is 37.3 Å². The van der Waals surface area contributed by atoms with Crippen LogP contribution in [0.3, 0.4) is 0 Å². The average Bonchev–Trinajstić information content (AvgIpc) is 2.85. The Balaban J connectivity index is 2.08. The lowest BCUT2D eigenvalue weighted by Gasteiger charge is -2.28. The summed E-state index contributed by atoms with van der Waals surface area (Å²) < 4.78 is 5.79. The molecular formula is C14H21NO. The fraction of sp³-hybridized carbons (Fsp3) is 0.571. The van der Waals surface area contributed by atoms with Gasteiger partial charge in [0, 0.05) is 12.6 Å². The van der Waals surface area contributed by atoms with E-state index in [1.165, 1.54) is 18.4 Å². The molecule has 0 saturated carbocycles. The summed E-state index contributed by atoms with van der Waals surface area (Å²) in [4.78, 5) is 0. The summed E-state index contributed by atoms with van der Waals surface area (Å²) in [5, 5.41) is 3.42. The second-order valence-electron chi connectivity index (χ2n) is 4.57. The van der Waals surface area contributed by atoms with Crippen LogP contribution in [0.2, 0.25) is 0 Å². The van der Waals surface area contributed by atoms with Gasteiger partial charge in [-0.2, -0.15) is 0 Å². The van der Waals surface area contributed by atoms with Crippen LogP contribution in [0.1, 0.15) is 31.2 Å². The van der Waals surface area contributed by atoms with Crippen molar-refractivity contribution < 1.29 is 4.74 Å². The average molecular weight is 219 g/mol. The van der Waals surface area contributed by atoms with Crippen LogP contribution in [0, 0.1) is 0 Å². The van der Waals surface area contributed by atoms with Gasteiger partial charge in [-0.25, -0.2) is 0 Å². The Morgan fingerprint density at radius 2 is 2.06 bits per heavy atom. The summed E-state index contributed by atoms with van der Waals surface area (Å²) >= 11 is 0. The van der Waals surface area contributed by atoms with Crippen molar-refractivity contribution in [2.45, 2.75) is 37.8 Å². The Bertz CT molecular complexity index is 306. The van der Waals surface area contributed by atoms with Crippen molar-refractivity contribution in [3.63, 3.8) is 0 Å². The lowest BCUT2D eigenvalue weighted by atomic mass is 9.89. The Hall–Kier alpha value is -0.860. The Labute approximate surface area is 98.0 Å². The molecule has 1 aliphatic heterocycles. The largest absolute Gasteiger partial charge is 0.377 e. The van der Waals surface area contributed by atoms with E-state index in [9.17, 15) is 0 Å². The van der Waals surface area contributed by atoms with Crippen LogP contribution in [0.15, 0.2) is 30.3 Å². The zero-order valence-corrected chi connectivity index (χ0v) is 10.1. The molecular weight excluding hydrogens is 198 g/mol. The molecule has 1 saturated heterocycles. The number of ether oxygens (including phenoxy) is 1. The molecule has 1 fully saturated rings. The van der Waals surface area contributed by atoms with Crippen LogP contribution < -0.4 is 5.32 Å². The van der Waals surface area contributed by atoms with E-state index in [0.717, 1.165) is 6.61 Å². The third-order valence-electron chi connectivity index (χ3n) is 3.56. The molecule has 16 heavy (non-hydrogen) atoms. The summed E-state index contributed by atoms with van der Waals surface area (Å²) in [5.74, 6) is 0.495. The zero-order valence-electron chi connectivity index (χ0n) is 10.1. The molecule has 2 heteroatoms. The topological polar surface area (TPSA) is 21.3 Å². The van der Waals surface area contributed by atoms with Gasteiger partial charge < -0.3 is 10.1 Å². The minimum atomic E-state index is 0.375. The standard InChI is InChI=1S/C14H21NO/c1-11(12-7-4-3-5-8-12)14(15-2)13-9-6-10-16-13/h3-5,7-8,11,13-15H,6,9-10H2,1-2H3/t11-,13-,14-/m0/s1. The molecule has 1 aromatic carbocycles. The van der Waals surface area contributed by atoms with Crippen molar-refractivity contribution in [2.24, 2.45) is 0 Å². The van der Waals surface area contributed by atoms with Crippen molar-refractivity contribution in [3.05, 3.63) is 35.9 Å². The maximum Gasteiger partial charge on any atom is 0.0734 e. The fourth-order valence-corrected chi connectivity index (χ4v) is 2.61. The van der Waals surface area contributed by atoms with E-state index < -0.39 is 0 Å². The van der Waals surface area contributed by atoms with Gasteiger partial charge in [-0.15, -0.1) is 0 Å². The molecule has 0 aliphatic carbocycles. The van der Waals surface area contributed by atoms with E-state index >= 15 is 0 Å². The van der Waals surface area contributed by atoms with Crippen LogP contribution >= 0.6 is 0 Å². The van der Waals surface area contributed by atoms with Gasteiger partial charge in [0.2, 0.25) is 0 Å². The predicted octanol–water partition coefficient (Wildman–Crippen LogP) is 2.56. The quantitative estimate of drug-likeness (QED) is 0.840. The smallest absolute Gasteiger partial charge is 0.0734 e.